The van der Waals surface area contributed by atoms with E-state index >= 15 is 0 Å². The van der Waals surface area contributed by atoms with Crippen molar-refractivity contribution in [3.05, 3.63) is 40.6 Å². The second-order valence-electron chi connectivity index (χ2n) is 10.9. The van der Waals surface area contributed by atoms with Gasteiger partial charge in [-0.2, -0.15) is 0 Å². The van der Waals surface area contributed by atoms with Crippen LogP contribution in [0.15, 0.2) is 28.4 Å². The molecule has 15 heteroatoms. The number of carbonyl (C=O) groups excluding carboxylic acids is 1. The number of piperidine rings is 1. The monoisotopic (exact) mass is 658 g/mol. The number of imidazole rings is 1. The molecule has 0 saturated carbocycles. The summed E-state index contributed by atoms with van der Waals surface area (Å²) >= 11 is 8.17. The molecule has 0 unspecified atom stereocenters. The maximum Gasteiger partial charge on any atom is 0.274 e. The molecule has 3 aromatic heterocycles. The molecule has 6 rings (SSSR count). The summed E-state index contributed by atoms with van der Waals surface area (Å²) < 4.78 is 7.63. The molecule has 0 bridgehead atoms. The lowest BCUT2D eigenvalue weighted by atomic mass is 9.73. The summed E-state index contributed by atoms with van der Waals surface area (Å²) in [5, 5.41) is 14.6. The second-order valence-corrected chi connectivity index (χ2v) is 12.3. The number of aliphatic hydroxyl groups excluding tert-OH is 1. The maximum atomic E-state index is 13.0. The van der Waals surface area contributed by atoms with Gasteiger partial charge in [0.2, 0.25) is 0 Å². The third kappa shape index (κ3) is 6.05. The van der Waals surface area contributed by atoms with Gasteiger partial charge in [0, 0.05) is 68.0 Å². The molecule has 2 atom stereocenters. The van der Waals surface area contributed by atoms with Gasteiger partial charge in [-0.1, -0.05) is 23.4 Å². The quantitative estimate of drug-likeness (QED) is 0.376. The number of rotatable bonds is 5. The highest BCUT2D eigenvalue weighted by Gasteiger charge is 2.47. The molecule has 3 saturated heterocycles. The van der Waals surface area contributed by atoms with Crippen molar-refractivity contribution in [3.8, 4) is 0 Å². The number of anilines is 1. The summed E-state index contributed by atoms with van der Waals surface area (Å²) in [5.74, 6) is 0.617. The minimum Gasteiger partial charge on any atom is -0.390 e. The molecule has 42 heavy (non-hydrogen) atoms. The molecule has 3 aliphatic rings. The smallest absolute Gasteiger partial charge is 0.274 e. The Morgan fingerprint density at radius 2 is 1.93 bits per heavy atom. The summed E-state index contributed by atoms with van der Waals surface area (Å²) in [6.45, 7) is 8.87. The van der Waals surface area contributed by atoms with Gasteiger partial charge in [-0.25, -0.2) is 15.0 Å². The number of nitrogens with two attached hydrogens (primary N) is 1. The molecule has 4 N–H and O–H groups in total. The van der Waals surface area contributed by atoms with Crippen LogP contribution in [0.5, 0.6) is 0 Å². The Hall–Kier alpha value is -1.90. The van der Waals surface area contributed by atoms with Gasteiger partial charge in [-0.15, -0.1) is 24.8 Å². The maximum absolute atomic E-state index is 13.0. The average Bonchev–Trinajstić information content (AvgIpc) is 3.54. The highest BCUT2D eigenvalue weighted by molar-refractivity contribution is 7.99. The standard InChI is InChI=1S/C27H35ClN8O3S.2ClH/c1-16-25(33-19(14-37)23(31-16)34-9-4-27(5-10-34)15-39-17(2)22(27)29)40-20-3-8-36-13-18(32-24(36)21(20)28)26(38)35-11-6-30-7-12-35;;/h3,8,13,17,22,30,37H,4-7,9-12,14-15,29H2,1-2H3;2*1H/t17-,22+;;/m0../s1. The van der Waals surface area contributed by atoms with Gasteiger partial charge in [-0.05, 0) is 32.8 Å². The first kappa shape index (κ1) is 33.0. The molecule has 3 fully saturated rings. The Morgan fingerprint density at radius 1 is 1.21 bits per heavy atom. The third-order valence-corrected chi connectivity index (χ3v) is 10.1. The first-order valence-electron chi connectivity index (χ1n) is 13.8. The predicted octanol–water partition coefficient (Wildman–Crippen LogP) is 2.95. The molecule has 3 aromatic rings. The molecule has 0 aliphatic carbocycles. The third-order valence-electron chi connectivity index (χ3n) is 8.49. The van der Waals surface area contributed by atoms with Crippen LogP contribution in [0.2, 0.25) is 5.02 Å². The molecular weight excluding hydrogens is 623 g/mol. The van der Waals surface area contributed by atoms with Crippen LogP contribution in [-0.4, -0.2) is 93.3 Å². The van der Waals surface area contributed by atoms with Crippen molar-refractivity contribution in [1.29, 1.82) is 0 Å². The molecule has 3 aliphatic heterocycles. The zero-order chi connectivity index (χ0) is 28.0. The van der Waals surface area contributed by atoms with Crippen molar-refractivity contribution in [1.82, 2.24) is 29.6 Å². The van der Waals surface area contributed by atoms with E-state index in [9.17, 15) is 9.90 Å². The number of ether oxygens (including phenoxy) is 1. The number of piperazine rings is 1. The predicted molar refractivity (Wildman–Crippen MR) is 168 cm³/mol. The number of fused-ring (bicyclic) bond motifs is 1. The fourth-order valence-electron chi connectivity index (χ4n) is 5.93. The molecule has 1 amide bonds. The molecule has 11 nitrogen and oxygen atoms in total. The van der Waals surface area contributed by atoms with Crippen LogP contribution in [0.1, 0.15) is 41.6 Å². The van der Waals surface area contributed by atoms with Crippen LogP contribution in [0.3, 0.4) is 0 Å². The summed E-state index contributed by atoms with van der Waals surface area (Å²) in [6, 6.07) is 1.92. The second kappa shape index (κ2) is 13.4. The zero-order valence-corrected chi connectivity index (χ0v) is 26.8. The number of hydrogen-bond acceptors (Lipinski definition) is 10. The lowest BCUT2D eigenvalue weighted by Gasteiger charge is -2.42. The number of nitrogens with one attached hydrogen (secondary N) is 1. The van der Waals surface area contributed by atoms with Crippen LogP contribution in [0.4, 0.5) is 5.82 Å². The lowest BCUT2D eigenvalue weighted by Crippen LogP contribution is -2.51. The number of nitrogens with zero attached hydrogens (tertiary/aromatic N) is 6. The van der Waals surface area contributed by atoms with E-state index < -0.39 is 0 Å². The minimum absolute atomic E-state index is 0. The minimum atomic E-state index is -0.220. The van der Waals surface area contributed by atoms with Gasteiger partial charge in [0.25, 0.3) is 5.91 Å². The highest BCUT2D eigenvalue weighted by Crippen LogP contribution is 2.43. The van der Waals surface area contributed by atoms with Crippen molar-refractivity contribution in [3.63, 3.8) is 0 Å². The van der Waals surface area contributed by atoms with E-state index in [0.717, 1.165) is 49.6 Å². The zero-order valence-electron chi connectivity index (χ0n) is 23.6. The molecule has 0 aromatic carbocycles. The fourth-order valence-corrected chi connectivity index (χ4v) is 7.12. The number of hydrogen-bond donors (Lipinski definition) is 3. The first-order valence-corrected chi connectivity index (χ1v) is 14.9. The molecule has 1 spiro atoms. The van der Waals surface area contributed by atoms with Gasteiger partial charge in [0.1, 0.15) is 16.4 Å². The number of amides is 1. The van der Waals surface area contributed by atoms with Crippen LogP contribution in [0.25, 0.3) is 5.65 Å². The molecule has 0 radical (unpaired) electrons. The number of halogens is 3. The van der Waals surface area contributed by atoms with Gasteiger partial charge in [0.05, 0.1) is 30.0 Å². The van der Waals surface area contributed by atoms with E-state index in [1.165, 1.54) is 11.8 Å². The van der Waals surface area contributed by atoms with Gasteiger partial charge in [-0.3, -0.25) is 4.79 Å². The van der Waals surface area contributed by atoms with Crippen LogP contribution < -0.4 is 16.0 Å². The normalized spacial score (nSPS) is 21.8. The van der Waals surface area contributed by atoms with Crippen molar-refractivity contribution in [2.45, 2.75) is 55.4 Å². The van der Waals surface area contributed by atoms with Crippen LogP contribution in [0, 0.1) is 12.3 Å². The number of aromatic nitrogens is 4. The number of aliphatic hydroxyl groups is 1. The number of aryl methyl sites for hydroxylation is 1. The topological polar surface area (TPSA) is 134 Å². The molecule has 230 valence electrons. The highest BCUT2D eigenvalue weighted by atomic mass is 35.5. The summed E-state index contributed by atoms with van der Waals surface area (Å²) in [4.78, 5) is 32.0. The Morgan fingerprint density at radius 3 is 2.57 bits per heavy atom. The van der Waals surface area contributed by atoms with Crippen molar-refractivity contribution in [2.75, 3.05) is 50.8 Å². The largest absolute Gasteiger partial charge is 0.390 e. The summed E-state index contributed by atoms with van der Waals surface area (Å²) in [6.07, 6.45) is 5.47. The Bertz CT molecular complexity index is 1430. The molecule has 6 heterocycles. The molecular formula is C27H37Cl3N8O3S. The summed E-state index contributed by atoms with van der Waals surface area (Å²) in [7, 11) is 0. The average molecular weight is 660 g/mol. The fraction of sp³-hybridized carbons (Fsp3) is 0.556. The first-order chi connectivity index (χ1) is 19.3. The van der Waals surface area contributed by atoms with Gasteiger partial charge >= 0.3 is 0 Å². The van der Waals surface area contributed by atoms with E-state index in [1.807, 2.05) is 26.1 Å². The summed E-state index contributed by atoms with van der Waals surface area (Å²) in [5.41, 5.74) is 8.67. The SMILES string of the molecule is Cc1nc(N2CCC3(CC2)CO[C@@H](C)[C@H]3N)c(CO)nc1Sc1ccn2cc(C(=O)N3CCNCC3)nc2c1Cl.Cl.Cl. The van der Waals surface area contributed by atoms with E-state index in [2.05, 4.69) is 15.2 Å². The van der Waals surface area contributed by atoms with E-state index in [4.69, 9.17) is 32.0 Å². The van der Waals surface area contributed by atoms with Gasteiger partial charge < -0.3 is 35.1 Å². The van der Waals surface area contributed by atoms with E-state index in [0.29, 0.717) is 52.6 Å². The Balaban J connectivity index is 0.00000202. The van der Waals surface area contributed by atoms with E-state index in [-0.39, 0.29) is 54.9 Å². The lowest BCUT2D eigenvalue weighted by molar-refractivity contribution is 0.0730. The Labute approximate surface area is 266 Å². The van der Waals surface area contributed by atoms with Crippen LogP contribution >= 0.6 is 48.2 Å². The van der Waals surface area contributed by atoms with Crippen molar-refractivity contribution < 1.29 is 14.6 Å². The number of carbonyl (C=O) groups is 1. The van der Waals surface area contributed by atoms with Crippen LogP contribution in [-0.2, 0) is 11.3 Å². The number of pyridine rings is 1. The van der Waals surface area contributed by atoms with Crippen molar-refractivity contribution >= 4 is 65.5 Å². The van der Waals surface area contributed by atoms with Gasteiger partial charge in [0.15, 0.2) is 11.5 Å². The van der Waals surface area contributed by atoms with E-state index in [1.54, 1.807) is 15.5 Å². The Kier molecular flexibility index (Phi) is 10.5. The van der Waals surface area contributed by atoms with Crippen molar-refractivity contribution in [2.24, 2.45) is 11.1 Å².